The molecular weight excluding hydrogens is 246 g/mol. The van der Waals surface area contributed by atoms with Crippen molar-refractivity contribution >= 4 is 22.6 Å². The van der Waals surface area contributed by atoms with Crippen molar-refractivity contribution < 1.29 is 0 Å². The van der Waals surface area contributed by atoms with Gasteiger partial charge in [0.25, 0.3) is 0 Å². The van der Waals surface area contributed by atoms with Crippen LogP contribution >= 0.6 is 11.6 Å². The number of likely N-dealkylation sites (N-methyl/N-ethyl adjacent to an activating group) is 1. The third-order valence-electron chi connectivity index (χ3n) is 3.02. The molecule has 0 aliphatic carbocycles. The first-order valence-electron chi connectivity index (χ1n) is 6.50. The summed E-state index contributed by atoms with van der Waals surface area (Å²) in [5, 5.41) is 4.08. The summed E-state index contributed by atoms with van der Waals surface area (Å²) < 4.78 is 2.29. The number of halogens is 1. The van der Waals surface area contributed by atoms with E-state index in [0.29, 0.717) is 6.04 Å². The molecule has 0 amide bonds. The highest BCUT2D eigenvalue weighted by atomic mass is 35.5. The van der Waals surface area contributed by atoms with E-state index in [2.05, 4.69) is 36.7 Å². The lowest BCUT2D eigenvalue weighted by molar-refractivity contribution is 0.572. The fourth-order valence-electron chi connectivity index (χ4n) is 2.25. The van der Waals surface area contributed by atoms with Gasteiger partial charge in [0.05, 0.1) is 11.0 Å². The second-order valence-corrected chi connectivity index (χ2v) is 5.16. The summed E-state index contributed by atoms with van der Waals surface area (Å²) in [6, 6.07) is 6.33. The third-order valence-corrected chi connectivity index (χ3v) is 3.25. The van der Waals surface area contributed by atoms with Crippen molar-refractivity contribution in [2.75, 3.05) is 13.1 Å². The number of aromatic nitrogens is 2. The molecule has 1 aromatic carbocycles. The topological polar surface area (TPSA) is 29.9 Å². The van der Waals surface area contributed by atoms with E-state index in [-0.39, 0.29) is 0 Å². The molecule has 0 unspecified atom stereocenters. The van der Waals surface area contributed by atoms with Crippen LogP contribution < -0.4 is 5.32 Å². The van der Waals surface area contributed by atoms with E-state index in [1.807, 2.05) is 12.1 Å². The molecular formula is C14H20ClN3. The molecule has 1 N–H and O–H groups in total. The Morgan fingerprint density at radius 2 is 2.17 bits per heavy atom. The van der Waals surface area contributed by atoms with E-state index < -0.39 is 0 Å². The molecule has 98 valence electrons. The molecule has 3 nitrogen and oxygen atoms in total. The van der Waals surface area contributed by atoms with Crippen LogP contribution in [0, 0.1) is 0 Å². The molecule has 0 fully saturated rings. The summed E-state index contributed by atoms with van der Waals surface area (Å²) in [7, 11) is 0. The molecule has 1 heterocycles. The summed E-state index contributed by atoms with van der Waals surface area (Å²) in [4.78, 5) is 4.71. The molecule has 0 radical (unpaired) electrons. The molecule has 0 saturated heterocycles. The van der Waals surface area contributed by atoms with Gasteiger partial charge in [-0.05, 0) is 38.6 Å². The summed E-state index contributed by atoms with van der Waals surface area (Å²) in [5.74, 6) is 1.13. The lowest BCUT2D eigenvalue weighted by atomic mass is 10.3. The van der Waals surface area contributed by atoms with Gasteiger partial charge in [-0.2, -0.15) is 0 Å². The number of hydrogen-bond donors (Lipinski definition) is 1. The molecule has 0 atom stereocenters. The maximum absolute atomic E-state index is 6.03. The lowest BCUT2D eigenvalue weighted by Crippen LogP contribution is -2.18. The van der Waals surface area contributed by atoms with Crippen molar-refractivity contribution in [3.05, 3.63) is 29.0 Å². The van der Waals surface area contributed by atoms with Crippen LogP contribution in [0.1, 0.15) is 32.6 Å². The molecule has 1 aromatic heterocycles. The van der Waals surface area contributed by atoms with Crippen LogP contribution in [0.3, 0.4) is 0 Å². The van der Waals surface area contributed by atoms with E-state index >= 15 is 0 Å². The zero-order valence-corrected chi connectivity index (χ0v) is 12.0. The second kappa shape index (κ2) is 5.72. The molecule has 0 aliphatic rings. The summed E-state index contributed by atoms with van der Waals surface area (Å²) in [5.41, 5.74) is 2.16. The number of benzene rings is 1. The SMILES string of the molecule is CCNCCc1nc2cc(Cl)ccc2n1C(C)C. The van der Waals surface area contributed by atoms with Crippen LogP contribution in [-0.4, -0.2) is 22.6 Å². The molecule has 18 heavy (non-hydrogen) atoms. The van der Waals surface area contributed by atoms with Crippen LogP contribution in [0.4, 0.5) is 0 Å². The highest BCUT2D eigenvalue weighted by Gasteiger charge is 2.12. The Hall–Kier alpha value is -1.06. The van der Waals surface area contributed by atoms with Crippen LogP contribution in [0.2, 0.25) is 5.02 Å². The Balaban J connectivity index is 2.41. The Bertz CT molecular complexity index is 531. The van der Waals surface area contributed by atoms with Crippen LogP contribution in [0.5, 0.6) is 0 Å². The number of rotatable bonds is 5. The fourth-order valence-corrected chi connectivity index (χ4v) is 2.42. The van der Waals surface area contributed by atoms with E-state index in [4.69, 9.17) is 16.6 Å². The number of nitrogens with zero attached hydrogens (tertiary/aromatic N) is 2. The van der Waals surface area contributed by atoms with Crippen LogP contribution in [0.15, 0.2) is 18.2 Å². The van der Waals surface area contributed by atoms with Crippen molar-refractivity contribution in [1.82, 2.24) is 14.9 Å². The van der Waals surface area contributed by atoms with Crippen molar-refractivity contribution in [3.63, 3.8) is 0 Å². The average Bonchev–Trinajstić information content (AvgIpc) is 2.66. The van der Waals surface area contributed by atoms with Crippen LogP contribution in [-0.2, 0) is 6.42 Å². The van der Waals surface area contributed by atoms with Crippen molar-refractivity contribution in [2.24, 2.45) is 0 Å². The normalized spacial score (nSPS) is 11.6. The molecule has 2 rings (SSSR count). The molecule has 4 heteroatoms. The average molecular weight is 266 g/mol. The predicted octanol–water partition coefficient (Wildman–Crippen LogP) is 3.42. The van der Waals surface area contributed by atoms with Gasteiger partial charge in [-0.25, -0.2) is 4.98 Å². The highest BCUT2D eigenvalue weighted by molar-refractivity contribution is 6.31. The first kappa shape index (κ1) is 13.4. The standard InChI is InChI=1S/C14H20ClN3/c1-4-16-8-7-14-17-12-9-11(15)5-6-13(12)18(14)10(2)3/h5-6,9-10,16H,4,7-8H2,1-3H3. The number of nitrogens with one attached hydrogen (secondary N) is 1. The van der Waals surface area contributed by atoms with E-state index in [9.17, 15) is 0 Å². The quantitative estimate of drug-likeness (QED) is 0.840. The van der Waals surface area contributed by atoms with Gasteiger partial charge in [0, 0.05) is 24.0 Å². The maximum Gasteiger partial charge on any atom is 0.111 e. The minimum Gasteiger partial charge on any atom is -0.325 e. The van der Waals surface area contributed by atoms with Gasteiger partial charge in [0.2, 0.25) is 0 Å². The highest BCUT2D eigenvalue weighted by Crippen LogP contribution is 2.24. The number of hydrogen-bond acceptors (Lipinski definition) is 2. The molecule has 0 saturated carbocycles. The van der Waals surface area contributed by atoms with Gasteiger partial charge >= 0.3 is 0 Å². The van der Waals surface area contributed by atoms with Gasteiger partial charge in [0.15, 0.2) is 0 Å². The first-order chi connectivity index (χ1) is 8.63. The lowest BCUT2D eigenvalue weighted by Gasteiger charge is -2.13. The Morgan fingerprint density at radius 3 is 2.83 bits per heavy atom. The second-order valence-electron chi connectivity index (χ2n) is 4.73. The Morgan fingerprint density at radius 1 is 1.39 bits per heavy atom. The molecule has 0 aliphatic heterocycles. The Labute approximate surface area is 113 Å². The first-order valence-corrected chi connectivity index (χ1v) is 6.88. The van der Waals surface area contributed by atoms with Gasteiger partial charge in [-0.1, -0.05) is 18.5 Å². The van der Waals surface area contributed by atoms with Crippen molar-refractivity contribution in [1.29, 1.82) is 0 Å². The monoisotopic (exact) mass is 265 g/mol. The zero-order chi connectivity index (χ0) is 13.1. The number of imidazole rings is 1. The minimum absolute atomic E-state index is 0.410. The largest absolute Gasteiger partial charge is 0.325 e. The summed E-state index contributed by atoms with van der Waals surface area (Å²) >= 11 is 6.03. The minimum atomic E-state index is 0.410. The van der Waals surface area contributed by atoms with Gasteiger partial charge in [-0.15, -0.1) is 0 Å². The number of fused-ring (bicyclic) bond motifs is 1. The zero-order valence-electron chi connectivity index (χ0n) is 11.2. The van der Waals surface area contributed by atoms with Gasteiger partial charge in [-0.3, -0.25) is 0 Å². The van der Waals surface area contributed by atoms with Crippen molar-refractivity contribution in [2.45, 2.75) is 33.2 Å². The fraction of sp³-hybridized carbons (Fsp3) is 0.500. The van der Waals surface area contributed by atoms with Gasteiger partial charge < -0.3 is 9.88 Å². The van der Waals surface area contributed by atoms with E-state index in [1.165, 1.54) is 5.52 Å². The van der Waals surface area contributed by atoms with Crippen LogP contribution in [0.25, 0.3) is 11.0 Å². The van der Waals surface area contributed by atoms with Crippen molar-refractivity contribution in [3.8, 4) is 0 Å². The van der Waals surface area contributed by atoms with E-state index in [1.54, 1.807) is 0 Å². The summed E-state index contributed by atoms with van der Waals surface area (Å²) in [6.45, 7) is 8.44. The smallest absolute Gasteiger partial charge is 0.111 e. The summed E-state index contributed by atoms with van der Waals surface area (Å²) in [6.07, 6.45) is 0.943. The van der Waals surface area contributed by atoms with Gasteiger partial charge in [0.1, 0.15) is 5.82 Å². The van der Waals surface area contributed by atoms with E-state index in [0.717, 1.165) is 35.9 Å². The molecule has 2 aromatic rings. The molecule has 0 bridgehead atoms. The Kier molecular flexibility index (Phi) is 4.25. The molecule has 0 spiro atoms. The maximum atomic E-state index is 6.03. The third kappa shape index (κ3) is 2.68. The predicted molar refractivity (Wildman–Crippen MR) is 77.4 cm³/mol.